The Bertz CT molecular complexity index is 990. The maximum Gasteiger partial charge on any atom is 0.315 e. The van der Waals surface area contributed by atoms with Crippen molar-refractivity contribution in [3.63, 3.8) is 0 Å². The molecule has 0 aliphatic heterocycles. The van der Waals surface area contributed by atoms with Crippen LogP contribution in [0.1, 0.15) is 35.6 Å². The number of rotatable bonds is 5. The highest BCUT2D eigenvalue weighted by Gasteiger charge is 2.30. The van der Waals surface area contributed by atoms with Crippen molar-refractivity contribution in [1.29, 1.82) is 0 Å². The first kappa shape index (κ1) is 19.4. The first-order valence-corrected chi connectivity index (χ1v) is 8.95. The van der Waals surface area contributed by atoms with Gasteiger partial charge in [0.1, 0.15) is 0 Å². The smallest absolute Gasteiger partial charge is 0.315 e. The number of nitrogens with one attached hydrogen (secondary N) is 1. The molecule has 2 aromatic carbocycles. The largest absolute Gasteiger partial charge is 0.468 e. The van der Waals surface area contributed by atoms with Gasteiger partial charge in [0, 0.05) is 11.4 Å². The summed E-state index contributed by atoms with van der Waals surface area (Å²) in [5.74, 6) is -0.607. The number of amides is 1. The number of para-hydroxylation sites is 1. The van der Waals surface area contributed by atoms with Crippen LogP contribution in [0.2, 0.25) is 0 Å². The Balaban J connectivity index is 1.76. The Labute approximate surface area is 164 Å². The van der Waals surface area contributed by atoms with Crippen LogP contribution in [0.25, 0.3) is 5.69 Å². The Hall–Kier alpha value is -3.41. The molecule has 3 aromatic rings. The van der Waals surface area contributed by atoms with Gasteiger partial charge in [-0.3, -0.25) is 9.59 Å². The summed E-state index contributed by atoms with van der Waals surface area (Å²) < 4.78 is 6.59. The minimum absolute atomic E-state index is 0.294. The number of methoxy groups -OCH3 is 1. The van der Waals surface area contributed by atoms with E-state index in [9.17, 15) is 9.59 Å². The molecule has 0 bridgehead atoms. The number of carbonyl (C=O) groups excluding carboxylic acids is 2. The number of benzene rings is 2. The van der Waals surface area contributed by atoms with E-state index < -0.39 is 5.41 Å². The number of hydrogen-bond donors (Lipinski definition) is 1. The molecule has 6 heteroatoms. The predicted molar refractivity (Wildman–Crippen MR) is 108 cm³/mol. The van der Waals surface area contributed by atoms with Crippen LogP contribution < -0.4 is 5.32 Å². The van der Waals surface area contributed by atoms with Crippen LogP contribution in [0, 0.1) is 6.92 Å². The summed E-state index contributed by atoms with van der Waals surface area (Å²) in [6, 6.07) is 18.5. The maximum absolute atomic E-state index is 12.6. The topological polar surface area (TPSA) is 73.2 Å². The van der Waals surface area contributed by atoms with E-state index in [1.807, 2.05) is 37.3 Å². The number of nitrogens with zero attached hydrogens (tertiary/aromatic N) is 2. The third-order valence-corrected chi connectivity index (χ3v) is 4.68. The van der Waals surface area contributed by atoms with E-state index in [-0.39, 0.29) is 11.9 Å². The molecule has 1 N–H and O–H groups in total. The van der Waals surface area contributed by atoms with Crippen molar-refractivity contribution in [2.45, 2.75) is 26.2 Å². The lowest BCUT2D eigenvalue weighted by Crippen LogP contribution is -2.30. The Kier molecular flexibility index (Phi) is 5.31. The first-order chi connectivity index (χ1) is 13.3. The second-order valence-corrected chi connectivity index (χ2v) is 7.07. The number of esters is 1. The predicted octanol–water partition coefficient (Wildman–Crippen LogP) is 3.88. The normalized spacial score (nSPS) is 11.1. The van der Waals surface area contributed by atoms with Gasteiger partial charge in [-0.2, -0.15) is 5.10 Å². The molecule has 0 spiro atoms. The minimum Gasteiger partial charge on any atom is -0.468 e. The van der Waals surface area contributed by atoms with Crippen molar-refractivity contribution in [1.82, 2.24) is 9.78 Å². The van der Waals surface area contributed by atoms with Gasteiger partial charge < -0.3 is 10.1 Å². The van der Waals surface area contributed by atoms with Gasteiger partial charge >= 0.3 is 5.97 Å². The monoisotopic (exact) mass is 377 g/mol. The van der Waals surface area contributed by atoms with Gasteiger partial charge in [0.2, 0.25) is 0 Å². The molecule has 0 unspecified atom stereocenters. The van der Waals surface area contributed by atoms with Crippen molar-refractivity contribution in [2.75, 3.05) is 12.4 Å². The molecule has 0 radical (unpaired) electrons. The van der Waals surface area contributed by atoms with Gasteiger partial charge in [-0.25, -0.2) is 4.68 Å². The van der Waals surface area contributed by atoms with E-state index in [0.29, 0.717) is 11.4 Å². The van der Waals surface area contributed by atoms with Crippen molar-refractivity contribution in [3.8, 4) is 5.69 Å². The third kappa shape index (κ3) is 3.81. The van der Waals surface area contributed by atoms with E-state index in [0.717, 1.165) is 16.9 Å². The number of hydrogen-bond acceptors (Lipinski definition) is 4. The van der Waals surface area contributed by atoms with Gasteiger partial charge in [0.15, 0.2) is 5.69 Å². The summed E-state index contributed by atoms with van der Waals surface area (Å²) in [6.07, 6.45) is 0. The zero-order valence-electron chi connectivity index (χ0n) is 16.4. The summed E-state index contributed by atoms with van der Waals surface area (Å²) in [7, 11) is 1.37. The lowest BCUT2D eigenvalue weighted by atomic mass is 9.85. The fourth-order valence-electron chi connectivity index (χ4n) is 2.95. The Morgan fingerprint density at radius 3 is 2.29 bits per heavy atom. The third-order valence-electron chi connectivity index (χ3n) is 4.68. The molecule has 1 aromatic heterocycles. The zero-order valence-corrected chi connectivity index (χ0v) is 16.4. The number of aromatic nitrogens is 2. The highest BCUT2D eigenvalue weighted by molar-refractivity contribution is 6.03. The second-order valence-electron chi connectivity index (χ2n) is 7.07. The molecule has 1 heterocycles. The number of carbonyl (C=O) groups is 2. The zero-order chi connectivity index (χ0) is 20.3. The summed E-state index contributed by atoms with van der Waals surface area (Å²) in [5.41, 5.74) is 2.77. The van der Waals surface area contributed by atoms with Gasteiger partial charge in [-0.15, -0.1) is 0 Å². The molecular weight excluding hydrogens is 354 g/mol. The summed E-state index contributed by atoms with van der Waals surface area (Å²) in [4.78, 5) is 24.5. The van der Waals surface area contributed by atoms with Crippen LogP contribution in [-0.2, 0) is 14.9 Å². The van der Waals surface area contributed by atoms with Gasteiger partial charge in [-0.1, -0.05) is 30.3 Å². The van der Waals surface area contributed by atoms with E-state index in [1.165, 1.54) is 7.11 Å². The fourth-order valence-corrected chi connectivity index (χ4v) is 2.95. The molecule has 0 saturated heterocycles. The van der Waals surface area contributed by atoms with Gasteiger partial charge in [0.05, 0.1) is 18.2 Å². The molecule has 6 nitrogen and oxygen atoms in total. The summed E-state index contributed by atoms with van der Waals surface area (Å²) >= 11 is 0. The van der Waals surface area contributed by atoms with Crippen molar-refractivity contribution >= 4 is 17.6 Å². The quantitative estimate of drug-likeness (QED) is 0.685. The molecule has 0 atom stereocenters. The van der Waals surface area contributed by atoms with E-state index in [4.69, 9.17) is 4.74 Å². The maximum atomic E-state index is 12.6. The fraction of sp³-hybridized carbons (Fsp3) is 0.227. The van der Waals surface area contributed by atoms with Crippen LogP contribution in [-0.4, -0.2) is 28.8 Å². The molecule has 144 valence electrons. The minimum atomic E-state index is -0.761. The number of ether oxygens (including phenoxy) is 1. The van der Waals surface area contributed by atoms with Crippen molar-refractivity contribution in [2.24, 2.45) is 0 Å². The van der Waals surface area contributed by atoms with Crippen LogP contribution >= 0.6 is 0 Å². The van der Waals surface area contributed by atoms with Crippen molar-refractivity contribution < 1.29 is 14.3 Å². The Morgan fingerprint density at radius 2 is 1.68 bits per heavy atom. The molecular formula is C22H23N3O3. The molecule has 0 saturated carbocycles. The average molecular weight is 377 g/mol. The lowest BCUT2D eigenvalue weighted by molar-refractivity contribution is -0.146. The molecule has 0 fully saturated rings. The SMILES string of the molecule is COC(=O)C(C)(C)c1ccc(NC(=O)c2cc(C)n(-c3ccccc3)n2)cc1. The molecule has 0 aliphatic rings. The van der Waals surface area contributed by atoms with Crippen LogP contribution in [0.5, 0.6) is 0 Å². The summed E-state index contributed by atoms with van der Waals surface area (Å²) in [5, 5.41) is 7.25. The lowest BCUT2D eigenvalue weighted by Gasteiger charge is -2.22. The van der Waals surface area contributed by atoms with E-state index >= 15 is 0 Å². The van der Waals surface area contributed by atoms with Crippen molar-refractivity contribution in [3.05, 3.63) is 77.6 Å². The Morgan fingerprint density at radius 1 is 1.04 bits per heavy atom. The summed E-state index contributed by atoms with van der Waals surface area (Å²) in [6.45, 7) is 5.50. The molecule has 3 rings (SSSR count). The van der Waals surface area contributed by atoms with Crippen LogP contribution in [0.4, 0.5) is 5.69 Å². The van der Waals surface area contributed by atoms with Gasteiger partial charge in [-0.05, 0) is 56.7 Å². The second kappa shape index (κ2) is 7.68. The molecule has 1 amide bonds. The molecule has 28 heavy (non-hydrogen) atoms. The first-order valence-electron chi connectivity index (χ1n) is 8.95. The van der Waals surface area contributed by atoms with Crippen LogP contribution in [0.3, 0.4) is 0 Å². The standard InChI is InChI=1S/C22H23N3O3/c1-15-14-19(24-25(15)18-8-6-5-7-9-18)20(26)23-17-12-10-16(11-13-17)22(2,3)21(27)28-4/h5-14H,1-4H3,(H,23,26). The highest BCUT2D eigenvalue weighted by atomic mass is 16.5. The highest BCUT2D eigenvalue weighted by Crippen LogP contribution is 2.26. The number of anilines is 1. The average Bonchev–Trinajstić information content (AvgIpc) is 3.10. The van der Waals surface area contributed by atoms with E-state index in [2.05, 4.69) is 10.4 Å². The van der Waals surface area contributed by atoms with E-state index in [1.54, 1.807) is 48.9 Å². The number of aryl methyl sites for hydroxylation is 1. The molecule has 0 aliphatic carbocycles. The van der Waals surface area contributed by atoms with Crippen LogP contribution in [0.15, 0.2) is 60.7 Å². The van der Waals surface area contributed by atoms with Gasteiger partial charge in [0.25, 0.3) is 5.91 Å².